The maximum absolute atomic E-state index is 13.8. The molecule has 0 radical (unpaired) electrons. The summed E-state index contributed by atoms with van der Waals surface area (Å²) in [6, 6.07) is 14.5. The van der Waals surface area contributed by atoms with E-state index in [9.17, 15) is 9.90 Å². The fourth-order valence-electron chi connectivity index (χ4n) is 6.26. The first-order chi connectivity index (χ1) is 16.9. The van der Waals surface area contributed by atoms with Gasteiger partial charge in [0.05, 0.1) is 22.7 Å². The number of carbonyl (C=O) groups excluding carboxylic acids is 1. The van der Waals surface area contributed by atoms with E-state index in [0.717, 1.165) is 29.9 Å². The predicted octanol–water partition coefficient (Wildman–Crippen LogP) is 7.61. The summed E-state index contributed by atoms with van der Waals surface area (Å²) in [6.07, 6.45) is 5.79. The predicted molar refractivity (Wildman–Crippen MR) is 152 cm³/mol. The molecule has 4 rings (SSSR count). The number of amidine groups is 1. The summed E-state index contributed by atoms with van der Waals surface area (Å²) in [6.45, 7) is 13.7. The Labute approximate surface area is 225 Å². The highest BCUT2D eigenvalue weighted by atomic mass is 79.9. The van der Waals surface area contributed by atoms with Gasteiger partial charge >= 0.3 is 0 Å². The van der Waals surface area contributed by atoms with Gasteiger partial charge < -0.3 is 10.0 Å². The second kappa shape index (κ2) is 9.96. The minimum Gasteiger partial charge on any atom is -0.507 e. The van der Waals surface area contributed by atoms with Crippen LogP contribution in [0.2, 0.25) is 0 Å². The van der Waals surface area contributed by atoms with Crippen LogP contribution in [0.5, 0.6) is 5.75 Å². The van der Waals surface area contributed by atoms with Gasteiger partial charge in [0, 0.05) is 29.2 Å². The molecule has 2 fully saturated rings. The van der Waals surface area contributed by atoms with E-state index in [0.29, 0.717) is 23.8 Å². The molecule has 1 aliphatic carbocycles. The normalized spacial score (nSPS) is 21.0. The van der Waals surface area contributed by atoms with Gasteiger partial charge in [-0.1, -0.05) is 84.7 Å². The first kappa shape index (κ1) is 26.9. The van der Waals surface area contributed by atoms with Crippen LogP contribution in [0, 0.1) is 11.3 Å². The van der Waals surface area contributed by atoms with Gasteiger partial charge in [-0.15, -0.1) is 0 Å². The summed E-state index contributed by atoms with van der Waals surface area (Å²) in [7, 11) is 0. The molecule has 1 heterocycles. The molecule has 4 nitrogen and oxygen atoms in total. The summed E-state index contributed by atoms with van der Waals surface area (Å²) in [4.78, 5) is 16.0. The van der Waals surface area contributed by atoms with Crippen molar-refractivity contribution in [1.29, 1.82) is 0 Å². The Bertz CT molecular complexity index is 1100. The zero-order valence-corrected chi connectivity index (χ0v) is 24.3. The number of Topliss-reactive ketones (excluding diaryl/α,β-unsaturated/α-hetero) is 1. The van der Waals surface area contributed by atoms with Crippen LogP contribution in [0.15, 0.2) is 46.5 Å². The first-order valence-corrected chi connectivity index (χ1v) is 14.0. The van der Waals surface area contributed by atoms with Crippen molar-refractivity contribution in [3.05, 3.63) is 64.7 Å². The molecule has 1 atom stereocenters. The lowest BCUT2D eigenvalue weighted by Crippen LogP contribution is -2.33. The third kappa shape index (κ3) is 5.27. The van der Waals surface area contributed by atoms with Gasteiger partial charge in [0.15, 0.2) is 5.78 Å². The van der Waals surface area contributed by atoms with Gasteiger partial charge in [-0.25, -0.2) is 0 Å². The molecule has 1 spiro atoms. The lowest BCUT2D eigenvalue weighted by Gasteiger charge is -2.29. The monoisotopic (exact) mass is 552 g/mol. The average molecular weight is 554 g/mol. The van der Waals surface area contributed by atoms with Gasteiger partial charge in [-0.2, -0.15) is 4.02 Å². The number of aromatic hydroxyl groups is 1. The van der Waals surface area contributed by atoms with Crippen molar-refractivity contribution in [2.75, 3.05) is 13.1 Å². The number of phenolic OH excluding ortho intramolecular Hbond substituents is 1. The highest BCUT2D eigenvalue weighted by molar-refractivity contribution is 9.08. The number of carbonyl (C=O) groups is 1. The van der Waals surface area contributed by atoms with Crippen molar-refractivity contribution >= 4 is 27.8 Å². The van der Waals surface area contributed by atoms with E-state index in [-0.39, 0.29) is 22.0 Å². The Balaban J connectivity index is 1.67. The Morgan fingerprint density at radius 2 is 1.58 bits per heavy atom. The topological polar surface area (TPSA) is 52.9 Å². The zero-order chi connectivity index (χ0) is 26.3. The van der Waals surface area contributed by atoms with Crippen molar-refractivity contribution < 1.29 is 9.90 Å². The molecule has 2 aromatic rings. The number of halogens is 1. The molecule has 0 amide bonds. The first-order valence-electron chi connectivity index (χ1n) is 13.2. The number of phenols is 1. The van der Waals surface area contributed by atoms with E-state index >= 15 is 0 Å². The molecule has 1 saturated heterocycles. The number of rotatable bonds is 5. The van der Waals surface area contributed by atoms with E-state index in [1.54, 1.807) is 0 Å². The van der Waals surface area contributed by atoms with Crippen molar-refractivity contribution in [3.63, 3.8) is 0 Å². The number of likely N-dealkylation sites (tertiary alicyclic amines) is 1. The lowest BCUT2D eigenvalue weighted by molar-refractivity contribution is 0.0956. The summed E-state index contributed by atoms with van der Waals surface area (Å²) in [5, 5.41) is 11.1. The Kier molecular flexibility index (Phi) is 7.45. The SMILES string of the molecule is CC(C)(C)c1cc(C(=O)CN2CC3(CCCC3)C(Cc3ccccc3)/C2=N/Br)cc(C(C)(C)C)c1O. The zero-order valence-electron chi connectivity index (χ0n) is 22.7. The molecular formula is C31H41BrN2O2. The molecule has 2 aromatic carbocycles. The van der Waals surface area contributed by atoms with Crippen LogP contribution < -0.4 is 0 Å². The minimum absolute atomic E-state index is 0.0770. The summed E-state index contributed by atoms with van der Waals surface area (Å²) in [5.74, 6) is 1.68. The molecule has 194 valence electrons. The summed E-state index contributed by atoms with van der Waals surface area (Å²) >= 11 is 3.43. The van der Waals surface area contributed by atoms with E-state index in [4.69, 9.17) is 0 Å². The Morgan fingerprint density at radius 3 is 2.08 bits per heavy atom. The second-order valence-electron chi connectivity index (χ2n) is 13.0. The smallest absolute Gasteiger partial charge is 0.182 e. The summed E-state index contributed by atoms with van der Waals surface area (Å²) in [5.41, 5.74) is 3.26. The number of hydrogen-bond acceptors (Lipinski definition) is 3. The molecule has 1 saturated carbocycles. The molecule has 1 aliphatic heterocycles. The van der Waals surface area contributed by atoms with Crippen molar-refractivity contribution in [2.45, 2.75) is 84.5 Å². The molecule has 1 N–H and O–H groups in total. The van der Waals surface area contributed by atoms with Gasteiger partial charge in [0.2, 0.25) is 0 Å². The van der Waals surface area contributed by atoms with Crippen LogP contribution in [-0.2, 0) is 17.3 Å². The van der Waals surface area contributed by atoms with Crippen LogP contribution in [0.25, 0.3) is 0 Å². The maximum atomic E-state index is 13.8. The quantitative estimate of drug-likeness (QED) is 0.388. The van der Waals surface area contributed by atoms with Crippen molar-refractivity contribution in [1.82, 2.24) is 4.90 Å². The molecule has 1 unspecified atom stereocenters. The van der Waals surface area contributed by atoms with Crippen LogP contribution in [0.3, 0.4) is 0 Å². The minimum atomic E-state index is -0.273. The van der Waals surface area contributed by atoms with Crippen LogP contribution in [-0.4, -0.2) is 34.7 Å². The number of ketones is 1. The van der Waals surface area contributed by atoms with Crippen LogP contribution in [0.1, 0.15) is 94.3 Å². The van der Waals surface area contributed by atoms with Gasteiger partial charge in [-0.05, 0) is 53.2 Å². The van der Waals surface area contributed by atoms with Crippen LogP contribution in [0.4, 0.5) is 0 Å². The largest absolute Gasteiger partial charge is 0.507 e. The maximum Gasteiger partial charge on any atom is 0.182 e. The second-order valence-corrected chi connectivity index (χ2v) is 13.3. The highest BCUT2D eigenvalue weighted by Gasteiger charge is 2.51. The molecule has 0 aromatic heterocycles. The lowest BCUT2D eigenvalue weighted by atomic mass is 9.73. The van der Waals surface area contributed by atoms with Crippen LogP contribution >= 0.6 is 16.1 Å². The fourth-order valence-corrected chi connectivity index (χ4v) is 6.73. The van der Waals surface area contributed by atoms with Crippen molar-refractivity contribution in [2.24, 2.45) is 15.4 Å². The van der Waals surface area contributed by atoms with Crippen molar-refractivity contribution in [3.8, 4) is 5.75 Å². The Morgan fingerprint density at radius 1 is 1.03 bits per heavy atom. The molecule has 2 aliphatic rings. The van der Waals surface area contributed by atoms with Gasteiger partial charge in [-0.3, -0.25) is 4.79 Å². The van der Waals surface area contributed by atoms with E-state index in [2.05, 4.69) is 96.9 Å². The molecular weight excluding hydrogens is 512 g/mol. The van der Waals surface area contributed by atoms with Gasteiger partial charge in [0.1, 0.15) is 11.6 Å². The number of nitrogens with zero attached hydrogens (tertiary/aromatic N) is 2. The van der Waals surface area contributed by atoms with E-state index < -0.39 is 0 Å². The third-order valence-corrected chi connectivity index (χ3v) is 8.59. The average Bonchev–Trinajstić information content (AvgIpc) is 3.37. The molecule has 5 heteroatoms. The highest BCUT2D eigenvalue weighted by Crippen LogP contribution is 2.51. The standard InChI is InChI=1S/C31H41BrN2O2/c1-29(2,3)23-17-22(18-24(27(23)36)30(4,5)6)26(35)19-34-20-31(14-10-11-15-31)25(28(34)33-32)16-21-12-8-7-9-13-21/h7-9,12-13,17-18,25,36H,10-11,14-16,19-20H2,1-6H3/b33-28-. The number of hydrogen-bond donors (Lipinski definition) is 1. The molecule has 36 heavy (non-hydrogen) atoms. The Hall–Kier alpha value is -2.14. The summed E-state index contributed by atoms with van der Waals surface area (Å²) < 4.78 is 4.60. The van der Waals surface area contributed by atoms with E-state index in [1.807, 2.05) is 12.1 Å². The fraction of sp³-hybridized carbons (Fsp3) is 0.548. The molecule has 0 bridgehead atoms. The van der Waals surface area contributed by atoms with Gasteiger partial charge in [0.25, 0.3) is 0 Å². The number of benzene rings is 2. The third-order valence-electron chi connectivity index (χ3n) is 8.23. The van der Waals surface area contributed by atoms with E-state index in [1.165, 1.54) is 31.2 Å².